The van der Waals surface area contributed by atoms with Crippen molar-refractivity contribution in [3.05, 3.63) is 47.5 Å². The Morgan fingerprint density at radius 1 is 1.46 bits per heavy atom. The fraction of sp³-hybridized carbons (Fsp3) is 0.368. The third-order valence-electron chi connectivity index (χ3n) is 4.94. The third kappa shape index (κ3) is 3.17. The zero-order chi connectivity index (χ0) is 18.1. The number of nitrogens with zero attached hydrogens (tertiary/aromatic N) is 2. The highest BCUT2D eigenvalue weighted by Gasteiger charge is 2.23. The average Bonchev–Trinajstić information content (AvgIpc) is 3.24. The Bertz CT molecular complexity index is 944. The molecule has 1 unspecified atom stereocenters. The molecular formula is C19H22N4O3. The number of amides is 1. The summed E-state index contributed by atoms with van der Waals surface area (Å²) in [7, 11) is 1.66. The Labute approximate surface area is 151 Å². The van der Waals surface area contributed by atoms with Gasteiger partial charge in [0.1, 0.15) is 17.1 Å². The lowest BCUT2D eigenvalue weighted by molar-refractivity contribution is 0.0998. The molecule has 2 aromatic heterocycles. The number of furan rings is 1. The van der Waals surface area contributed by atoms with Crippen LogP contribution in [0.15, 0.2) is 34.9 Å². The standard InChI is InChI=1S/C19H22N4O3/c1-25-14-3-5-18-13(6-14)7-15(26-18)9-21-8-12-2-4-17-16(19(20)24)10-22-23(17)11-12/h3,5-7,10,12,21H,2,4,8-9,11H2,1H3,(H2,20,24). The molecule has 0 bridgehead atoms. The van der Waals surface area contributed by atoms with Gasteiger partial charge in [0.05, 0.1) is 31.1 Å². The minimum absolute atomic E-state index is 0.399. The topological polar surface area (TPSA) is 95.3 Å². The van der Waals surface area contributed by atoms with E-state index in [-0.39, 0.29) is 0 Å². The summed E-state index contributed by atoms with van der Waals surface area (Å²) in [6.45, 7) is 2.34. The molecule has 0 spiro atoms. The Morgan fingerprint density at radius 3 is 3.15 bits per heavy atom. The molecule has 0 aliphatic carbocycles. The highest BCUT2D eigenvalue weighted by molar-refractivity contribution is 5.93. The lowest BCUT2D eigenvalue weighted by atomic mass is 9.96. The number of hydrogen-bond acceptors (Lipinski definition) is 5. The molecule has 1 aromatic carbocycles. The van der Waals surface area contributed by atoms with Gasteiger partial charge < -0.3 is 20.2 Å². The smallest absolute Gasteiger partial charge is 0.252 e. The Kier molecular flexibility index (Phi) is 4.38. The Balaban J connectivity index is 1.34. The van der Waals surface area contributed by atoms with Crippen LogP contribution in [0.4, 0.5) is 0 Å². The van der Waals surface area contributed by atoms with Gasteiger partial charge in [-0.15, -0.1) is 0 Å². The molecule has 0 fully saturated rings. The first kappa shape index (κ1) is 16.7. The fourth-order valence-corrected chi connectivity index (χ4v) is 3.57. The predicted octanol–water partition coefficient (Wildman–Crippen LogP) is 2.09. The van der Waals surface area contributed by atoms with Crippen LogP contribution >= 0.6 is 0 Å². The zero-order valence-corrected chi connectivity index (χ0v) is 14.7. The van der Waals surface area contributed by atoms with Crippen LogP contribution in [0.5, 0.6) is 5.75 Å². The van der Waals surface area contributed by atoms with Gasteiger partial charge in [0.2, 0.25) is 0 Å². The van der Waals surface area contributed by atoms with Crippen molar-refractivity contribution in [3.8, 4) is 5.75 Å². The van der Waals surface area contributed by atoms with Gasteiger partial charge in [-0.05, 0) is 43.0 Å². The van der Waals surface area contributed by atoms with Crippen molar-refractivity contribution >= 4 is 16.9 Å². The van der Waals surface area contributed by atoms with Gasteiger partial charge in [-0.25, -0.2) is 0 Å². The van der Waals surface area contributed by atoms with Gasteiger partial charge in [-0.2, -0.15) is 5.10 Å². The van der Waals surface area contributed by atoms with Crippen LogP contribution < -0.4 is 15.8 Å². The molecule has 7 nitrogen and oxygen atoms in total. The van der Waals surface area contributed by atoms with Crippen LogP contribution in [0.3, 0.4) is 0 Å². The van der Waals surface area contributed by atoms with E-state index >= 15 is 0 Å². The quantitative estimate of drug-likeness (QED) is 0.707. The van der Waals surface area contributed by atoms with Crippen LogP contribution in [0.2, 0.25) is 0 Å². The molecule has 136 valence electrons. The third-order valence-corrected chi connectivity index (χ3v) is 4.94. The first-order valence-electron chi connectivity index (χ1n) is 8.75. The molecule has 3 N–H and O–H groups in total. The van der Waals surface area contributed by atoms with E-state index in [1.165, 1.54) is 0 Å². The van der Waals surface area contributed by atoms with Crippen molar-refractivity contribution in [1.82, 2.24) is 15.1 Å². The Morgan fingerprint density at radius 2 is 2.35 bits per heavy atom. The minimum atomic E-state index is -0.399. The van der Waals surface area contributed by atoms with E-state index in [0.717, 1.165) is 54.1 Å². The summed E-state index contributed by atoms with van der Waals surface area (Å²) < 4.78 is 13.0. The van der Waals surface area contributed by atoms with E-state index in [4.69, 9.17) is 14.9 Å². The second kappa shape index (κ2) is 6.84. The number of benzene rings is 1. The molecule has 7 heteroatoms. The Hall–Kier alpha value is -2.80. The number of nitrogens with one attached hydrogen (secondary N) is 1. The first-order chi connectivity index (χ1) is 12.6. The molecule has 0 saturated carbocycles. The van der Waals surface area contributed by atoms with Crippen LogP contribution in [0.1, 0.15) is 28.2 Å². The number of nitrogens with two attached hydrogens (primary N) is 1. The molecule has 0 saturated heterocycles. The summed E-state index contributed by atoms with van der Waals surface area (Å²) in [4.78, 5) is 11.4. The maximum atomic E-state index is 11.4. The van der Waals surface area contributed by atoms with Gasteiger partial charge >= 0.3 is 0 Å². The van der Waals surface area contributed by atoms with Crippen LogP contribution in [-0.4, -0.2) is 29.3 Å². The van der Waals surface area contributed by atoms with Crippen LogP contribution in [0.25, 0.3) is 11.0 Å². The number of rotatable bonds is 6. The molecule has 3 aromatic rings. The summed E-state index contributed by atoms with van der Waals surface area (Å²) in [5.74, 6) is 1.79. The molecule has 1 aliphatic heterocycles. The second-order valence-electron chi connectivity index (χ2n) is 6.70. The monoisotopic (exact) mass is 354 g/mol. The molecular weight excluding hydrogens is 332 g/mol. The SMILES string of the molecule is COc1ccc2oc(CNCC3CCc4c(C(N)=O)cnn4C3)cc2c1. The number of fused-ring (bicyclic) bond motifs is 2. The summed E-state index contributed by atoms with van der Waals surface area (Å²) in [6.07, 6.45) is 3.42. The molecule has 1 aliphatic rings. The van der Waals surface area contributed by atoms with Gasteiger partial charge in [-0.3, -0.25) is 9.48 Å². The van der Waals surface area contributed by atoms with E-state index < -0.39 is 5.91 Å². The molecule has 1 amide bonds. The second-order valence-corrected chi connectivity index (χ2v) is 6.70. The molecule has 4 rings (SSSR count). The lowest BCUT2D eigenvalue weighted by Gasteiger charge is -2.24. The maximum absolute atomic E-state index is 11.4. The normalized spacial score (nSPS) is 16.6. The van der Waals surface area contributed by atoms with E-state index in [1.807, 2.05) is 28.9 Å². The van der Waals surface area contributed by atoms with Crippen molar-refractivity contribution in [2.75, 3.05) is 13.7 Å². The van der Waals surface area contributed by atoms with Crippen molar-refractivity contribution in [2.24, 2.45) is 11.7 Å². The molecule has 0 radical (unpaired) electrons. The highest BCUT2D eigenvalue weighted by atomic mass is 16.5. The lowest BCUT2D eigenvalue weighted by Crippen LogP contribution is -2.30. The number of primary amides is 1. The predicted molar refractivity (Wildman–Crippen MR) is 97.0 cm³/mol. The molecule has 3 heterocycles. The van der Waals surface area contributed by atoms with E-state index in [9.17, 15) is 4.79 Å². The van der Waals surface area contributed by atoms with E-state index in [1.54, 1.807) is 13.3 Å². The number of ether oxygens (including phenoxy) is 1. The summed E-state index contributed by atoms with van der Waals surface area (Å²) in [6, 6.07) is 7.83. The van der Waals surface area contributed by atoms with Crippen molar-refractivity contribution < 1.29 is 13.9 Å². The minimum Gasteiger partial charge on any atom is -0.497 e. The average molecular weight is 354 g/mol. The highest BCUT2D eigenvalue weighted by Crippen LogP contribution is 2.25. The van der Waals surface area contributed by atoms with Crippen molar-refractivity contribution in [1.29, 1.82) is 0 Å². The van der Waals surface area contributed by atoms with Crippen molar-refractivity contribution in [2.45, 2.75) is 25.9 Å². The van der Waals surface area contributed by atoms with Gasteiger partial charge in [0.25, 0.3) is 5.91 Å². The maximum Gasteiger partial charge on any atom is 0.252 e. The van der Waals surface area contributed by atoms with E-state index in [2.05, 4.69) is 10.4 Å². The zero-order valence-electron chi connectivity index (χ0n) is 14.7. The summed E-state index contributed by atoms with van der Waals surface area (Å²) >= 11 is 0. The largest absolute Gasteiger partial charge is 0.497 e. The number of aromatic nitrogens is 2. The first-order valence-corrected chi connectivity index (χ1v) is 8.75. The number of carbonyl (C=O) groups is 1. The summed E-state index contributed by atoms with van der Waals surface area (Å²) in [5, 5.41) is 8.80. The van der Waals surface area contributed by atoms with Crippen LogP contribution in [-0.2, 0) is 19.5 Å². The molecule has 26 heavy (non-hydrogen) atoms. The summed E-state index contributed by atoms with van der Waals surface area (Å²) in [5.41, 5.74) is 7.76. The van der Waals surface area contributed by atoms with Gasteiger partial charge in [0, 0.05) is 18.5 Å². The van der Waals surface area contributed by atoms with Crippen molar-refractivity contribution in [3.63, 3.8) is 0 Å². The van der Waals surface area contributed by atoms with Gasteiger partial charge in [0.15, 0.2) is 0 Å². The van der Waals surface area contributed by atoms with E-state index in [0.29, 0.717) is 18.0 Å². The number of methoxy groups -OCH3 is 1. The molecule has 1 atom stereocenters. The fourth-order valence-electron chi connectivity index (χ4n) is 3.57. The van der Waals surface area contributed by atoms with Crippen LogP contribution in [0, 0.1) is 5.92 Å². The number of hydrogen-bond donors (Lipinski definition) is 2. The number of carbonyl (C=O) groups excluding carboxylic acids is 1. The van der Waals surface area contributed by atoms with Gasteiger partial charge in [-0.1, -0.05) is 0 Å².